The number of hydrogen-bond acceptors (Lipinski definition) is 3. The van der Waals surface area contributed by atoms with Gasteiger partial charge in [-0.25, -0.2) is 9.18 Å². The van der Waals surface area contributed by atoms with Crippen molar-refractivity contribution in [1.82, 2.24) is 10.6 Å². The average molecular weight is 322 g/mol. The van der Waals surface area contributed by atoms with Crippen LogP contribution in [0.2, 0.25) is 0 Å². The molecule has 2 atom stereocenters. The highest BCUT2D eigenvalue weighted by Gasteiger charge is 2.19. The zero-order valence-electron chi connectivity index (χ0n) is 13.6. The van der Waals surface area contributed by atoms with E-state index < -0.39 is 0 Å². The summed E-state index contributed by atoms with van der Waals surface area (Å²) in [4.78, 5) is 12.0. The molecule has 126 valence electrons. The van der Waals surface area contributed by atoms with Gasteiger partial charge >= 0.3 is 6.03 Å². The van der Waals surface area contributed by atoms with Crippen molar-refractivity contribution in [2.45, 2.75) is 45.7 Å². The lowest BCUT2D eigenvalue weighted by Crippen LogP contribution is -2.43. The number of benzene rings is 1. The van der Waals surface area contributed by atoms with Crippen molar-refractivity contribution in [3.63, 3.8) is 0 Å². The normalized spacial score (nSPS) is 13.8. The van der Waals surface area contributed by atoms with Crippen LogP contribution in [0.3, 0.4) is 0 Å². The Morgan fingerprint density at radius 3 is 2.78 bits per heavy atom. The summed E-state index contributed by atoms with van der Waals surface area (Å²) in [6, 6.07) is 3.63. The van der Waals surface area contributed by atoms with Gasteiger partial charge < -0.3 is 20.2 Å². The molecule has 2 rings (SSSR count). The maximum Gasteiger partial charge on any atom is 0.315 e. The third kappa shape index (κ3) is 4.01. The monoisotopic (exact) mass is 322 g/mol. The summed E-state index contributed by atoms with van der Waals surface area (Å²) in [7, 11) is 0. The van der Waals surface area contributed by atoms with Crippen LogP contribution in [0.4, 0.5) is 9.18 Å². The summed E-state index contributed by atoms with van der Waals surface area (Å²) in [6.07, 6.45) is 1.26. The highest BCUT2D eigenvalue weighted by molar-refractivity contribution is 5.82. The standard InChI is InChI=1S/C17H23FN2O3/c1-4-13(7-8-21)20-17(22)19-11(3)16-10(2)14-9-12(18)5-6-15(14)23-16/h5-6,9,11,13,21H,4,7-8H2,1-3H3,(H2,19,20,22). The highest BCUT2D eigenvalue weighted by Crippen LogP contribution is 2.29. The number of aliphatic hydroxyl groups is 1. The van der Waals surface area contributed by atoms with E-state index in [-0.39, 0.29) is 30.5 Å². The van der Waals surface area contributed by atoms with Crippen LogP contribution in [-0.2, 0) is 0 Å². The molecule has 6 heteroatoms. The first-order valence-electron chi connectivity index (χ1n) is 7.82. The van der Waals surface area contributed by atoms with Gasteiger partial charge in [-0.2, -0.15) is 0 Å². The van der Waals surface area contributed by atoms with Crippen molar-refractivity contribution in [2.75, 3.05) is 6.61 Å². The molecular formula is C17H23FN2O3. The summed E-state index contributed by atoms with van der Waals surface area (Å²) in [5.41, 5.74) is 1.41. The van der Waals surface area contributed by atoms with E-state index in [9.17, 15) is 9.18 Å². The van der Waals surface area contributed by atoms with Crippen molar-refractivity contribution in [3.8, 4) is 0 Å². The van der Waals surface area contributed by atoms with Crippen LogP contribution >= 0.6 is 0 Å². The maximum atomic E-state index is 13.4. The molecule has 2 amide bonds. The minimum absolute atomic E-state index is 0.0303. The second-order valence-electron chi connectivity index (χ2n) is 5.69. The van der Waals surface area contributed by atoms with Crippen molar-refractivity contribution in [2.24, 2.45) is 0 Å². The van der Waals surface area contributed by atoms with Crippen molar-refractivity contribution < 1.29 is 18.7 Å². The summed E-state index contributed by atoms with van der Waals surface area (Å²) in [6.45, 7) is 5.63. The number of aliphatic hydroxyl groups excluding tert-OH is 1. The molecule has 5 nitrogen and oxygen atoms in total. The van der Waals surface area contributed by atoms with E-state index in [1.165, 1.54) is 12.1 Å². The lowest BCUT2D eigenvalue weighted by atomic mass is 10.1. The van der Waals surface area contributed by atoms with Gasteiger partial charge in [0.15, 0.2) is 0 Å². The molecule has 1 heterocycles. The number of furan rings is 1. The van der Waals surface area contributed by atoms with Crippen molar-refractivity contribution in [1.29, 1.82) is 0 Å². The predicted molar refractivity (Wildman–Crippen MR) is 86.8 cm³/mol. The summed E-state index contributed by atoms with van der Waals surface area (Å²) >= 11 is 0. The fourth-order valence-electron chi connectivity index (χ4n) is 2.65. The third-order valence-corrected chi connectivity index (χ3v) is 3.98. The van der Waals surface area contributed by atoms with E-state index in [1.807, 2.05) is 20.8 Å². The maximum absolute atomic E-state index is 13.4. The number of carbonyl (C=O) groups excluding carboxylic acids is 1. The molecule has 0 saturated carbocycles. The first-order valence-corrected chi connectivity index (χ1v) is 7.82. The predicted octanol–water partition coefficient (Wildman–Crippen LogP) is 3.40. The number of urea groups is 1. The number of rotatable bonds is 6. The number of nitrogens with one attached hydrogen (secondary N) is 2. The van der Waals surface area contributed by atoms with Crippen LogP contribution < -0.4 is 10.6 Å². The third-order valence-electron chi connectivity index (χ3n) is 3.98. The quantitative estimate of drug-likeness (QED) is 0.763. The molecule has 23 heavy (non-hydrogen) atoms. The van der Waals surface area contributed by atoms with Gasteiger partial charge in [-0.05, 0) is 44.9 Å². The first-order chi connectivity index (χ1) is 11.0. The molecule has 0 aliphatic heterocycles. The molecule has 2 aromatic rings. The minimum atomic E-state index is -0.350. The Kier molecular flexibility index (Phi) is 5.60. The summed E-state index contributed by atoms with van der Waals surface area (Å²) in [5.74, 6) is 0.289. The Morgan fingerprint density at radius 2 is 2.13 bits per heavy atom. The average Bonchev–Trinajstić information content (AvgIpc) is 2.83. The Hall–Kier alpha value is -2.08. The fraction of sp³-hybridized carbons (Fsp3) is 0.471. The molecule has 0 spiro atoms. The molecule has 0 fully saturated rings. The molecular weight excluding hydrogens is 299 g/mol. The number of carbonyl (C=O) groups is 1. The van der Waals surface area contributed by atoms with Crippen molar-refractivity contribution >= 4 is 17.0 Å². The molecule has 3 N–H and O–H groups in total. The van der Waals surface area contributed by atoms with Crippen LogP contribution in [0.5, 0.6) is 0 Å². The zero-order valence-corrected chi connectivity index (χ0v) is 13.6. The van der Waals surface area contributed by atoms with Gasteiger partial charge in [0.05, 0.1) is 6.04 Å². The summed E-state index contributed by atoms with van der Waals surface area (Å²) < 4.78 is 19.1. The van der Waals surface area contributed by atoms with Gasteiger partial charge in [-0.1, -0.05) is 6.92 Å². The Bertz CT molecular complexity index is 684. The largest absolute Gasteiger partial charge is 0.459 e. The molecule has 1 aromatic heterocycles. The second-order valence-corrected chi connectivity index (χ2v) is 5.69. The lowest BCUT2D eigenvalue weighted by molar-refractivity contribution is 0.224. The van der Waals surface area contributed by atoms with E-state index in [0.29, 0.717) is 23.2 Å². The van der Waals surface area contributed by atoms with E-state index in [2.05, 4.69) is 10.6 Å². The Labute approximate surface area is 134 Å². The second kappa shape index (κ2) is 7.46. The lowest BCUT2D eigenvalue weighted by Gasteiger charge is -2.18. The number of aryl methyl sites for hydroxylation is 1. The zero-order chi connectivity index (χ0) is 17.0. The molecule has 0 aliphatic rings. The smallest absolute Gasteiger partial charge is 0.315 e. The molecule has 2 unspecified atom stereocenters. The van der Waals surface area contributed by atoms with Gasteiger partial charge in [0, 0.05) is 23.6 Å². The Morgan fingerprint density at radius 1 is 1.39 bits per heavy atom. The molecule has 0 radical (unpaired) electrons. The van der Waals surface area contributed by atoms with E-state index in [0.717, 1.165) is 12.0 Å². The Balaban J connectivity index is 2.10. The molecule has 1 aromatic carbocycles. The number of amides is 2. The highest BCUT2D eigenvalue weighted by atomic mass is 19.1. The van der Waals surface area contributed by atoms with Crippen LogP contribution in [-0.4, -0.2) is 23.8 Å². The van der Waals surface area contributed by atoms with Crippen LogP contribution in [0.25, 0.3) is 11.0 Å². The van der Waals surface area contributed by atoms with E-state index >= 15 is 0 Å². The number of fused-ring (bicyclic) bond motifs is 1. The van der Waals surface area contributed by atoms with Crippen LogP contribution in [0.1, 0.15) is 44.1 Å². The molecule has 0 saturated heterocycles. The van der Waals surface area contributed by atoms with Gasteiger partial charge in [-0.15, -0.1) is 0 Å². The number of halogens is 1. The minimum Gasteiger partial charge on any atom is -0.459 e. The van der Waals surface area contributed by atoms with Crippen LogP contribution in [0.15, 0.2) is 22.6 Å². The topological polar surface area (TPSA) is 74.5 Å². The fourth-order valence-corrected chi connectivity index (χ4v) is 2.65. The van der Waals surface area contributed by atoms with E-state index in [1.54, 1.807) is 6.07 Å². The van der Waals surface area contributed by atoms with E-state index in [4.69, 9.17) is 9.52 Å². The van der Waals surface area contributed by atoms with Crippen LogP contribution in [0, 0.1) is 12.7 Å². The number of hydrogen-bond donors (Lipinski definition) is 3. The SMILES string of the molecule is CCC(CCO)NC(=O)NC(C)c1oc2ccc(F)cc2c1C. The molecule has 0 bridgehead atoms. The van der Waals surface area contributed by atoms with Gasteiger partial charge in [0.25, 0.3) is 0 Å². The first kappa shape index (κ1) is 17.3. The van der Waals surface area contributed by atoms with Gasteiger partial charge in [-0.3, -0.25) is 0 Å². The summed E-state index contributed by atoms with van der Waals surface area (Å²) in [5, 5.41) is 15.3. The van der Waals surface area contributed by atoms with Gasteiger partial charge in [0.2, 0.25) is 0 Å². The molecule has 0 aliphatic carbocycles. The van der Waals surface area contributed by atoms with Gasteiger partial charge in [0.1, 0.15) is 17.2 Å². The van der Waals surface area contributed by atoms with Crippen molar-refractivity contribution in [3.05, 3.63) is 35.3 Å².